The maximum atomic E-state index is 10.8. The summed E-state index contributed by atoms with van der Waals surface area (Å²) in [5.41, 5.74) is 1.31. The molecule has 0 bridgehead atoms. The molecule has 2 rings (SSSR count). The molecule has 1 aromatic carbocycles. The Hall–Kier alpha value is -1.49. The van der Waals surface area contributed by atoms with Crippen molar-refractivity contribution in [3.05, 3.63) is 44.5 Å². The molecule has 0 N–H and O–H groups in total. The number of hydrogen-bond acceptors (Lipinski definition) is 3. The molecule has 0 aliphatic rings. The number of halogens is 1. The van der Waals surface area contributed by atoms with E-state index in [1.54, 1.807) is 12.3 Å². The van der Waals surface area contributed by atoms with Crippen LogP contribution in [0.4, 0.5) is 5.69 Å². The molecule has 2 aromatic rings. The van der Waals surface area contributed by atoms with Gasteiger partial charge in [0.05, 0.1) is 4.92 Å². The first-order valence-corrected chi connectivity index (χ1v) is 5.08. The van der Waals surface area contributed by atoms with Crippen molar-refractivity contribution >= 4 is 32.5 Å². The Kier molecular flexibility index (Phi) is 2.40. The van der Waals surface area contributed by atoms with E-state index >= 15 is 0 Å². The number of rotatable bonds is 1. The molecule has 0 amide bonds. The molecule has 4 nitrogen and oxygen atoms in total. The predicted molar refractivity (Wildman–Crippen MR) is 60.8 cm³/mol. The summed E-state index contributed by atoms with van der Waals surface area (Å²) in [5.74, 6) is 0. The highest BCUT2D eigenvalue weighted by molar-refractivity contribution is 9.10. The Morgan fingerprint density at radius 1 is 1.47 bits per heavy atom. The minimum atomic E-state index is -0.408. The second-order valence-corrected chi connectivity index (χ2v) is 4.08. The number of nitro groups is 1. The van der Waals surface area contributed by atoms with Crippen LogP contribution in [0.25, 0.3) is 10.9 Å². The summed E-state index contributed by atoms with van der Waals surface area (Å²) in [5, 5.41) is 11.6. The van der Waals surface area contributed by atoms with Crippen LogP contribution in [-0.4, -0.2) is 9.91 Å². The third kappa shape index (κ3) is 1.70. The van der Waals surface area contributed by atoms with Crippen LogP contribution in [0.2, 0.25) is 0 Å². The van der Waals surface area contributed by atoms with Gasteiger partial charge in [0.25, 0.3) is 5.69 Å². The molecule has 0 fully saturated rings. The minimum Gasteiger partial charge on any atom is -0.258 e. The molecule has 0 aliphatic heterocycles. The lowest BCUT2D eigenvalue weighted by Gasteiger charge is -2.02. The van der Waals surface area contributed by atoms with E-state index < -0.39 is 4.92 Å². The van der Waals surface area contributed by atoms with Gasteiger partial charge in [-0.05, 0) is 24.6 Å². The largest absolute Gasteiger partial charge is 0.295 e. The zero-order valence-electron chi connectivity index (χ0n) is 7.90. The fourth-order valence-corrected chi connectivity index (χ4v) is 1.90. The van der Waals surface area contributed by atoms with Gasteiger partial charge in [-0.1, -0.05) is 15.9 Å². The standard InChI is InChI=1S/C10H7BrN2O2/c1-6-4-7-8(11)2-3-12-10(7)9(5-6)13(14)15/h2-5H,1H3. The van der Waals surface area contributed by atoms with Crippen LogP contribution in [0.5, 0.6) is 0 Å². The molecular weight excluding hydrogens is 260 g/mol. The smallest absolute Gasteiger partial charge is 0.258 e. The number of aromatic nitrogens is 1. The quantitative estimate of drug-likeness (QED) is 0.588. The van der Waals surface area contributed by atoms with Gasteiger partial charge in [0.2, 0.25) is 0 Å². The first-order valence-electron chi connectivity index (χ1n) is 4.29. The normalized spacial score (nSPS) is 10.5. The summed E-state index contributed by atoms with van der Waals surface area (Å²) in [4.78, 5) is 14.5. The number of hydrogen-bond donors (Lipinski definition) is 0. The maximum absolute atomic E-state index is 10.8. The topological polar surface area (TPSA) is 56.0 Å². The molecule has 76 valence electrons. The van der Waals surface area contributed by atoms with Crippen LogP contribution in [0, 0.1) is 17.0 Å². The zero-order valence-corrected chi connectivity index (χ0v) is 9.48. The highest BCUT2D eigenvalue weighted by Crippen LogP contribution is 2.30. The minimum absolute atomic E-state index is 0.0475. The van der Waals surface area contributed by atoms with Gasteiger partial charge in [0.15, 0.2) is 0 Å². The summed E-state index contributed by atoms with van der Waals surface area (Å²) in [6.07, 6.45) is 1.55. The van der Waals surface area contributed by atoms with Crippen molar-refractivity contribution in [2.75, 3.05) is 0 Å². The van der Waals surface area contributed by atoms with E-state index in [4.69, 9.17) is 0 Å². The predicted octanol–water partition coefficient (Wildman–Crippen LogP) is 3.21. The highest BCUT2D eigenvalue weighted by atomic mass is 79.9. The summed E-state index contributed by atoms with van der Waals surface area (Å²) >= 11 is 3.35. The Morgan fingerprint density at radius 2 is 2.20 bits per heavy atom. The van der Waals surface area contributed by atoms with Crippen molar-refractivity contribution in [2.24, 2.45) is 0 Å². The van der Waals surface area contributed by atoms with Crippen molar-refractivity contribution in [2.45, 2.75) is 6.92 Å². The Morgan fingerprint density at radius 3 is 2.87 bits per heavy atom. The lowest BCUT2D eigenvalue weighted by atomic mass is 10.1. The maximum Gasteiger partial charge on any atom is 0.295 e. The van der Waals surface area contributed by atoms with Gasteiger partial charge < -0.3 is 0 Å². The molecule has 5 heteroatoms. The van der Waals surface area contributed by atoms with E-state index in [-0.39, 0.29) is 5.69 Å². The number of nitro benzene ring substituents is 1. The van der Waals surface area contributed by atoms with E-state index in [9.17, 15) is 10.1 Å². The Labute approximate surface area is 94.2 Å². The highest BCUT2D eigenvalue weighted by Gasteiger charge is 2.14. The van der Waals surface area contributed by atoms with Crippen molar-refractivity contribution in [1.82, 2.24) is 4.98 Å². The lowest BCUT2D eigenvalue weighted by molar-refractivity contribution is -0.383. The van der Waals surface area contributed by atoms with Gasteiger partial charge in [-0.3, -0.25) is 10.1 Å². The molecule has 1 aromatic heterocycles. The van der Waals surface area contributed by atoms with E-state index in [1.807, 2.05) is 13.0 Å². The van der Waals surface area contributed by atoms with Crippen LogP contribution < -0.4 is 0 Å². The monoisotopic (exact) mass is 266 g/mol. The van der Waals surface area contributed by atoms with Crippen LogP contribution in [0.15, 0.2) is 28.9 Å². The summed E-state index contributed by atoms with van der Waals surface area (Å²) < 4.78 is 0.819. The van der Waals surface area contributed by atoms with Crippen LogP contribution in [0.1, 0.15) is 5.56 Å². The van der Waals surface area contributed by atoms with E-state index in [0.717, 1.165) is 15.4 Å². The van der Waals surface area contributed by atoms with Crippen LogP contribution >= 0.6 is 15.9 Å². The molecular formula is C10H7BrN2O2. The Bertz CT molecular complexity index is 554. The molecule has 0 radical (unpaired) electrons. The van der Waals surface area contributed by atoms with E-state index in [2.05, 4.69) is 20.9 Å². The average molecular weight is 267 g/mol. The molecule has 15 heavy (non-hydrogen) atoms. The van der Waals surface area contributed by atoms with Crippen molar-refractivity contribution < 1.29 is 4.92 Å². The first-order chi connectivity index (χ1) is 7.09. The number of non-ortho nitro benzene ring substituents is 1. The van der Waals surface area contributed by atoms with Crippen LogP contribution in [-0.2, 0) is 0 Å². The second kappa shape index (κ2) is 3.58. The second-order valence-electron chi connectivity index (χ2n) is 3.23. The van der Waals surface area contributed by atoms with Gasteiger partial charge >= 0.3 is 0 Å². The van der Waals surface area contributed by atoms with Gasteiger partial charge in [0, 0.05) is 22.1 Å². The molecule has 0 aliphatic carbocycles. The summed E-state index contributed by atoms with van der Waals surface area (Å²) in [6.45, 7) is 1.83. The third-order valence-electron chi connectivity index (χ3n) is 2.11. The van der Waals surface area contributed by atoms with E-state index in [0.29, 0.717) is 5.52 Å². The molecule has 0 unspecified atom stereocenters. The molecule has 1 heterocycles. The first kappa shape index (κ1) is 10.0. The molecule has 0 saturated heterocycles. The third-order valence-corrected chi connectivity index (χ3v) is 2.80. The van der Waals surface area contributed by atoms with E-state index in [1.165, 1.54) is 6.07 Å². The lowest BCUT2D eigenvalue weighted by Crippen LogP contribution is -1.93. The van der Waals surface area contributed by atoms with Crippen LogP contribution in [0.3, 0.4) is 0 Å². The number of nitrogens with zero attached hydrogens (tertiary/aromatic N) is 2. The van der Waals surface area contributed by atoms with Crippen molar-refractivity contribution in [3.8, 4) is 0 Å². The van der Waals surface area contributed by atoms with Crippen molar-refractivity contribution in [3.63, 3.8) is 0 Å². The SMILES string of the molecule is Cc1cc([N+](=O)[O-])c2nccc(Br)c2c1. The average Bonchev–Trinajstić information content (AvgIpc) is 2.18. The fraction of sp³-hybridized carbons (Fsp3) is 0.100. The van der Waals surface area contributed by atoms with Gasteiger partial charge in [-0.2, -0.15) is 0 Å². The van der Waals surface area contributed by atoms with Gasteiger partial charge in [-0.25, -0.2) is 4.98 Å². The summed E-state index contributed by atoms with van der Waals surface area (Å²) in [7, 11) is 0. The molecule has 0 saturated carbocycles. The summed E-state index contributed by atoms with van der Waals surface area (Å²) in [6, 6.07) is 5.17. The molecule has 0 atom stereocenters. The zero-order chi connectivity index (χ0) is 11.0. The van der Waals surface area contributed by atoms with Crippen molar-refractivity contribution in [1.29, 1.82) is 0 Å². The number of benzene rings is 1. The number of aryl methyl sites for hydroxylation is 1. The Balaban J connectivity index is 2.92. The van der Waals surface area contributed by atoms with Gasteiger partial charge in [0.1, 0.15) is 5.52 Å². The molecule has 0 spiro atoms. The number of fused-ring (bicyclic) bond motifs is 1. The number of pyridine rings is 1. The fourth-order valence-electron chi connectivity index (χ4n) is 1.48. The van der Waals surface area contributed by atoms with Gasteiger partial charge in [-0.15, -0.1) is 0 Å².